The molecule has 36 rings (SSSR count). The van der Waals surface area contributed by atoms with Crippen molar-refractivity contribution in [2.24, 2.45) is 0 Å². The molecular formula is C130H86N10. The van der Waals surface area contributed by atoms with Gasteiger partial charge in [-0.25, -0.2) is 15.0 Å². The average molecular weight is 1790 g/mol. The highest BCUT2D eigenvalue weighted by Crippen LogP contribution is 2.63. The highest BCUT2D eigenvalue weighted by Gasteiger charge is 2.45. The van der Waals surface area contributed by atoms with Crippen molar-refractivity contribution in [3.05, 3.63) is 507 Å². The minimum atomic E-state index is 0.896. The van der Waals surface area contributed by atoms with Crippen molar-refractivity contribution in [1.82, 2.24) is 29.9 Å². The summed E-state index contributed by atoms with van der Waals surface area (Å²) in [6.07, 6.45) is 31.5. The first kappa shape index (κ1) is 76.4. The highest BCUT2D eigenvalue weighted by atomic mass is 15.3. The SMILES string of the molecule is c1ccc2c(c1)Cc1cc3c(cc1-2)-c1c(cc2c4c1Cc1cccnc1N4c1ncccc1C2)C3.c1ccc2c(c1)Cc1cc3c(cc1-2)-c1c(cc2c4c1Cc1ccncc1N4c1ncccc1C2)C3.c1ccc2c(c1)Cc1cc3c(cc1-2)-c1c(cc2c4c1Cc1cnccc1N4c1ccccc1C2)C3.c1ccc2c(c1)Cc1cc3c(cc1-2)-c1c(cc2c4c1Cc1ncccc1N4c1ccccc1C2)C3. The minimum absolute atomic E-state index is 0.896. The van der Waals surface area contributed by atoms with Crippen molar-refractivity contribution in [1.29, 1.82) is 0 Å². The van der Waals surface area contributed by atoms with Crippen LogP contribution >= 0.6 is 0 Å². The molecule has 0 saturated carbocycles. The lowest BCUT2D eigenvalue weighted by Gasteiger charge is -2.40. The van der Waals surface area contributed by atoms with Crippen LogP contribution in [0.2, 0.25) is 0 Å². The first-order valence-corrected chi connectivity index (χ1v) is 50.0. The molecule has 140 heavy (non-hydrogen) atoms. The Labute approximate surface area is 811 Å². The van der Waals surface area contributed by atoms with E-state index in [2.05, 4.69) is 315 Å². The predicted molar refractivity (Wildman–Crippen MR) is 560 cm³/mol. The second kappa shape index (κ2) is 28.4. The van der Waals surface area contributed by atoms with Crippen LogP contribution in [0.25, 0.3) is 89.0 Å². The van der Waals surface area contributed by atoms with E-state index in [0.717, 1.165) is 120 Å². The number of aromatic nitrogens is 6. The Kier molecular flexibility index (Phi) is 15.5. The second-order valence-electron chi connectivity index (χ2n) is 41.2. The third-order valence-electron chi connectivity index (χ3n) is 33.8. The van der Waals surface area contributed by atoms with Gasteiger partial charge in [0.2, 0.25) is 0 Å². The monoisotopic (exact) mass is 1790 g/mol. The summed E-state index contributed by atoms with van der Waals surface area (Å²) < 4.78 is 0. The van der Waals surface area contributed by atoms with Crippen LogP contribution in [0.4, 0.5) is 68.6 Å². The summed E-state index contributed by atoms with van der Waals surface area (Å²) in [5.41, 5.74) is 80.3. The van der Waals surface area contributed by atoms with E-state index in [0.29, 0.717) is 0 Å². The number of fused-ring (bicyclic) bond motifs is 44. The van der Waals surface area contributed by atoms with E-state index in [1.807, 2.05) is 43.4 Å². The van der Waals surface area contributed by atoms with Crippen molar-refractivity contribution in [3.8, 4) is 89.0 Å². The van der Waals surface area contributed by atoms with E-state index < -0.39 is 0 Å². The summed E-state index contributed by atoms with van der Waals surface area (Å²) in [4.78, 5) is 38.2. The molecule has 0 spiro atoms. The maximum absolute atomic E-state index is 4.87. The zero-order valence-corrected chi connectivity index (χ0v) is 77.0. The molecule has 0 bridgehead atoms. The fourth-order valence-corrected chi connectivity index (χ4v) is 28.3. The maximum Gasteiger partial charge on any atom is 0.142 e. The quantitative estimate of drug-likeness (QED) is 0.146. The second-order valence-corrected chi connectivity index (χ2v) is 41.2. The molecule has 0 N–H and O–H groups in total. The lowest BCUT2D eigenvalue weighted by atomic mass is 9.82. The van der Waals surface area contributed by atoms with Crippen molar-refractivity contribution in [3.63, 3.8) is 0 Å². The third kappa shape index (κ3) is 10.8. The summed E-state index contributed by atoms with van der Waals surface area (Å²) in [6.45, 7) is 0. The van der Waals surface area contributed by atoms with Gasteiger partial charge in [-0.2, -0.15) is 0 Å². The molecule has 8 aliphatic carbocycles. The van der Waals surface area contributed by atoms with Crippen LogP contribution < -0.4 is 19.6 Å². The fourth-order valence-electron chi connectivity index (χ4n) is 28.3. The Morgan fingerprint density at radius 3 is 0.900 bits per heavy atom. The summed E-state index contributed by atoms with van der Waals surface area (Å²) in [5.74, 6) is 3.11. The number of pyridine rings is 6. The molecule has 14 aromatic carbocycles. The van der Waals surface area contributed by atoms with E-state index in [4.69, 9.17) is 19.9 Å². The van der Waals surface area contributed by atoms with Crippen molar-refractivity contribution in [2.45, 2.75) is 103 Å². The van der Waals surface area contributed by atoms with Gasteiger partial charge in [-0.15, -0.1) is 0 Å². The predicted octanol–water partition coefficient (Wildman–Crippen LogP) is 28.8. The number of benzene rings is 14. The van der Waals surface area contributed by atoms with Crippen LogP contribution in [0.1, 0.15) is 178 Å². The Bertz CT molecular complexity index is 8050. The van der Waals surface area contributed by atoms with Crippen LogP contribution in [-0.2, 0) is 103 Å². The zero-order valence-electron chi connectivity index (χ0n) is 77.0. The van der Waals surface area contributed by atoms with Crippen molar-refractivity contribution in [2.75, 3.05) is 19.6 Å². The van der Waals surface area contributed by atoms with Gasteiger partial charge in [0, 0.05) is 106 Å². The molecule has 6 aromatic heterocycles. The lowest BCUT2D eigenvalue weighted by Crippen LogP contribution is -2.27. The standard InChI is InChI=1S/2C33H22N2.2C32H21N3/c1-3-8-25-19(6-1)12-21-14-22-15-23-16-24-13-20-7-2-4-9-30(20)35-31-10-5-11-34-29(31)18-28(33(24)35)32(23)27(22)17-26(21)25;1-3-7-26-19(5-1)11-21-13-22-14-23-15-24-12-20-6-2-4-8-30(20)35-31-9-10-34-18-25(31)16-29(33(24)35)32(23)28(22)17-27(21)26;1-2-8-25-18(5-1)11-21-13-22-14-23-15-24-12-19-6-3-9-33-31(19)35-30(24)28(29(23)27(22)17-26(21)25)16-20-7-4-10-34-32(20)35;1-2-6-25-18(4-1)10-21-12-22-13-23-14-24-11-20-5-3-8-34-32(20)35-29-17-33-9-7-19(29)15-28(31(24)35)30(23)27(22)16-26(21)25/h1-11,14,16-17H,12-13,15,18H2;1-10,13,15,17-18H,11-12,14,16H2;1-10,13,15,17H,11-12,14,16H2;1-9,12,14,16-17H,10-11,13,15H2. The summed E-state index contributed by atoms with van der Waals surface area (Å²) >= 11 is 0. The molecule has 14 heterocycles. The van der Waals surface area contributed by atoms with Gasteiger partial charge in [-0.05, 0) is 392 Å². The topological polar surface area (TPSA) is 90.3 Å². The van der Waals surface area contributed by atoms with Gasteiger partial charge in [-0.3, -0.25) is 24.8 Å². The van der Waals surface area contributed by atoms with E-state index in [-0.39, 0.29) is 0 Å². The minimum Gasteiger partial charge on any atom is -0.309 e. The van der Waals surface area contributed by atoms with Gasteiger partial charge in [-0.1, -0.05) is 200 Å². The molecular weight excluding hydrogens is 1700 g/mol. The van der Waals surface area contributed by atoms with Crippen LogP contribution in [0.15, 0.2) is 329 Å². The van der Waals surface area contributed by atoms with Crippen LogP contribution in [0.5, 0.6) is 0 Å². The Balaban J connectivity index is 0.0000000829. The van der Waals surface area contributed by atoms with Gasteiger partial charge in [0.1, 0.15) is 17.5 Å². The van der Waals surface area contributed by atoms with Crippen LogP contribution in [0.3, 0.4) is 0 Å². The number of nitrogens with zero attached hydrogens (tertiary/aromatic N) is 10. The number of anilines is 12. The molecule has 16 aliphatic rings. The Hall–Kier alpha value is -16.8. The molecule has 0 atom stereocenters. The molecule has 0 saturated heterocycles. The molecule has 0 unspecified atom stereocenters. The molecule has 20 aromatic rings. The Morgan fingerprint density at radius 2 is 0.443 bits per heavy atom. The fraction of sp³-hybridized carbons (Fsp3) is 0.123. The molecule has 656 valence electrons. The lowest BCUT2D eigenvalue weighted by molar-refractivity contribution is 0.954. The summed E-state index contributed by atoms with van der Waals surface area (Å²) in [5, 5.41) is 0. The van der Waals surface area contributed by atoms with Gasteiger partial charge in [0.15, 0.2) is 0 Å². The van der Waals surface area contributed by atoms with Gasteiger partial charge in [0.25, 0.3) is 0 Å². The number of para-hydroxylation sites is 2. The molecule has 0 radical (unpaired) electrons. The normalized spacial score (nSPS) is 14.9. The molecule has 10 heteroatoms. The summed E-state index contributed by atoms with van der Waals surface area (Å²) in [7, 11) is 0. The van der Waals surface area contributed by atoms with Gasteiger partial charge < -0.3 is 9.80 Å². The van der Waals surface area contributed by atoms with Gasteiger partial charge in [0.05, 0.1) is 51.7 Å². The van der Waals surface area contributed by atoms with E-state index in [1.54, 1.807) is 0 Å². The van der Waals surface area contributed by atoms with E-state index in [1.165, 1.54) is 318 Å². The Morgan fingerprint density at radius 1 is 0.157 bits per heavy atom. The van der Waals surface area contributed by atoms with Crippen molar-refractivity contribution < 1.29 is 0 Å². The third-order valence-corrected chi connectivity index (χ3v) is 33.8. The van der Waals surface area contributed by atoms with Gasteiger partial charge >= 0.3 is 0 Å². The molecule has 8 aliphatic heterocycles. The average Bonchev–Trinajstić information content (AvgIpc) is 1.37. The smallest absolute Gasteiger partial charge is 0.142 e. The summed E-state index contributed by atoms with van der Waals surface area (Å²) in [6, 6.07) is 105. The molecule has 0 amide bonds. The van der Waals surface area contributed by atoms with E-state index in [9.17, 15) is 0 Å². The van der Waals surface area contributed by atoms with Crippen molar-refractivity contribution >= 4 is 68.6 Å². The van der Waals surface area contributed by atoms with Crippen LogP contribution in [0, 0.1) is 0 Å². The maximum atomic E-state index is 4.87. The highest BCUT2D eigenvalue weighted by molar-refractivity contribution is 6.03. The molecule has 0 fully saturated rings. The molecule has 10 nitrogen and oxygen atoms in total. The van der Waals surface area contributed by atoms with Crippen LogP contribution in [-0.4, -0.2) is 29.9 Å². The zero-order chi connectivity index (χ0) is 90.7. The largest absolute Gasteiger partial charge is 0.309 e. The number of rotatable bonds is 0. The first-order chi connectivity index (χ1) is 69.3. The number of hydrogen-bond donors (Lipinski definition) is 0. The first-order valence-electron chi connectivity index (χ1n) is 50.0. The number of hydrogen-bond acceptors (Lipinski definition) is 10. The van der Waals surface area contributed by atoms with E-state index >= 15 is 0 Å².